The van der Waals surface area contributed by atoms with Crippen molar-refractivity contribution < 1.29 is 8.94 Å². The first-order chi connectivity index (χ1) is 12.3. The number of rotatable bonds is 4. The van der Waals surface area contributed by atoms with Gasteiger partial charge in [-0.05, 0) is 36.6 Å². The van der Waals surface area contributed by atoms with Crippen molar-refractivity contribution in [3.63, 3.8) is 0 Å². The van der Waals surface area contributed by atoms with E-state index in [0.717, 1.165) is 41.8 Å². The molecule has 0 spiro atoms. The van der Waals surface area contributed by atoms with Crippen LogP contribution in [-0.4, -0.2) is 15.1 Å². The number of oxazole rings is 1. The van der Waals surface area contributed by atoms with E-state index in [4.69, 9.17) is 8.94 Å². The van der Waals surface area contributed by atoms with E-state index in [1.54, 1.807) is 0 Å². The summed E-state index contributed by atoms with van der Waals surface area (Å²) in [5, 5.41) is 4.21. The molecule has 5 heteroatoms. The zero-order chi connectivity index (χ0) is 16.9. The van der Waals surface area contributed by atoms with E-state index >= 15 is 0 Å². The Morgan fingerprint density at radius 3 is 2.64 bits per heavy atom. The van der Waals surface area contributed by atoms with Crippen LogP contribution >= 0.6 is 0 Å². The van der Waals surface area contributed by atoms with Crippen LogP contribution in [0.15, 0.2) is 57.5 Å². The molecule has 2 aromatic carbocycles. The van der Waals surface area contributed by atoms with Gasteiger partial charge in [0.05, 0.1) is 5.41 Å². The largest absolute Gasteiger partial charge is 0.441 e. The van der Waals surface area contributed by atoms with Crippen LogP contribution in [0, 0.1) is 0 Å². The topological polar surface area (TPSA) is 65.0 Å². The number of fused-ring (bicyclic) bond motifs is 1. The normalized spacial score (nSPS) is 15.6. The molecule has 25 heavy (non-hydrogen) atoms. The Balaban J connectivity index is 1.53. The van der Waals surface area contributed by atoms with Gasteiger partial charge in [-0.15, -0.1) is 0 Å². The van der Waals surface area contributed by atoms with Crippen LogP contribution in [0.25, 0.3) is 22.5 Å². The Labute approximate surface area is 144 Å². The summed E-state index contributed by atoms with van der Waals surface area (Å²) in [6.45, 7) is 2.02. The molecule has 0 bridgehead atoms. The fraction of sp³-hybridized carbons (Fsp3) is 0.250. The molecule has 1 aliphatic rings. The summed E-state index contributed by atoms with van der Waals surface area (Å²) in [4.78, 5) is 9.17. The third-order valence-corrected chi connectivity index (χ3v) is 4.90. The van der Waals surface area contributed by atoms with Crippen LogP contribution in [0.4, 0.5) is 0 Å². The Morgan fingerprint density at radius 1 is 1.04 bits per heavy atom. The molecule has 1 aliphatic carbocycles. The summed E-state index contributed by atoms with van der Waals surface area (Å²) < 4.78 is 11.3. The van der Waals surface area contributed by atoms with Gasteiger partial charge in [-0.25, -0.2) is 4.98 Å². The lowest BCUT2D eigenvalue weighted by Crippen LogP contribution is -2.08. The maximum Gasteiger partial charge on any atom is 0.237 e. The van der Waals surface area contributed by atoms with Gasteiger partial charge in [0.15, 0.2) is 11.5 Å². The highest BCUT2D eigenvalue weighted by Crippen LogP contribution is 2.52. The van der Waals surface area contributed by atoms with Crippen LogP contribution < -0.4 is 0 Å². The average Bonchev–Trinajstić information content (AvgIpc) is 3.14. The van der Waals surface area contributed by atoms with Gasteiger partial charge in [0.25, 0.3) is 0 Å². The molecule has 2 aromatic heterocycles. The van der Waals surface area contributed by atoms with Gasteiger partial charge in [0, 0.05) is 12.0 Å². The number of benzene rings is 2. The third kappa shape index (κ3) is 2.27. The summed E-state index contributed by atoms with van der Waals surface area (Å²) >= 11 is 0. The summed E-state index contributed by atoms with van der Waals surface area (Å²) in [7, 11) is 0. The monoisotopic (exact) mass is 331 g/mol. The first-order valence-corrected chi connectivity index (χ1v) is 8.58. The quantitative estimate of drug-likeness (QED) is 0.550. The van der Waals surface area contributed by atoms with Gasteiger partial charge in [0.2, 0.25) is 11.7 Å². The van der Waals surface area contributed by atoms with Crippen molar-refractivity contribution >= 4 is 11.1 Å². The highest BCUT2D eigenvalue weighted by Gasteiger charge is 2.50. The van der Waals surface area contributed by atoms with Gasteiger partial charge < -0.3 is 8.94 Å². The molecule has 0 atom stereocenters. The standard InChI is InChI=1S/C20H17N3O2/c1-2-17-21-15-12-13(8-9-16(15)24-17)18-22-19(25-23-18)20(10-11-20)14-6-4-3-5-7-14/h3-9,12H,2,10-11H2,1H3. The molecular formula is C20H17N3O2. The minimum atomic E-state index is -0.111. The van der Waals surface area contributed by atoms with Crippen LogP contribution in [0.3, 0.4) is 0 Å². The van der Waals surface area contributed by atoms with Gasteiger partial charge in [-0.1, -0.05) is 42.4 Å². The lowest BCUT2D eigenvalue weighted by Gasteiger charge is -2.09. The molecule has 1 fully saturated rings. The van der Waals surface area contributed by atoms with Crippen molar-refractivity contribution in [1.82, 2.24) is 15.1 Å². The first-order valence-electron chi connectivity index (χ1n) is 8.58. The molecule has 0 saturated heterocycles. The second-order valence-electron chi connectivity index (χ2n) is 6.51. The van der Waals surface area contributed by atoms with E-state index in [2.05, 4.69) is 39.4 Å². The summed E-state index contributed by atoms with van der Waals surface area (Å²) in [6.07, 6.45) is 2.86. The summed E-state index contributed by atoms with van der Waals surface area (Å²) in [5.74, 6) is 2.03. The predicted molar refractivity (Wildman–Crippen MR) is 93.1 cm³/mol. The SMILES string of the molecule is CCc1nc2cc(-c3noc(C4(c5ccccc5)CC4)n3)ccc2o1. The number of aryl methyl sites for hydroxylation is 1. The molecule has 0 radical (unpaired) electrons. The maximum absolute atomic E-state index is 5.66. The van der Waals surface area contributed by atoms with Crippen molar-refractivity contribution in [2.45, 2.75) is 31.6 Å². The molecule has 0 unspecified atom stereocenters. The van der Waals surface area contributed by atoms with Crippen molar-refractivity contribution in [1.29, 1.82) is 0 Å². The van der Waals surface area contributed by atoms with E-state index in [1.807, 2.05) is 31.2 Å². The van der Waals surface area contributed by atoms with E-state index in [-0.39, 0.29) is 5.41 Å². The molecular weight excluding hydrogens is 314 g/mol. The summed E-state index contributed by atoms with van der Waals surface area (Å²) in [5.41, 5.74) is 3.63. The average molecular weight is 331 g/mol. The Hall–Kier alpha value is -2.95. The number of hydrogen-bond acceptors (Lipinski definition) is 5. The van der Waals surface area contributed by atoms with Crippen molar-refractivity contribution in [3.05, 3.63) is 65.9 Å². The van der Waals surface area contributed by atoms with Crippen LogP contribution in [0.5, 0.6) is 0 Å². The minimum absolute atomic E-state index is 0.111. The van der Waals surface area contributed by atoms with E-state index in [0.29, 0.717) is 11.7 Å². The number of aromatic nitrogens is 3. The smallest absolute Gasteiger partial charge is 0.237 e. The van der Waals surface area contributed by atoms with Crippen LogP contribution in [-0.2, 0) is 11.8 Å². The number of nitrogens with zero attached hydrogens (tertiary/aromatic N) is 3. The van der Waals surface area contributed by atoms with E-state index < -0.39 is 0 Å². The second kappa shape index (κ2) is 5.28. The summed E-state index contributed by atoms with van der Waals surface area (Å²) in [6, 6.07) is 16.2. The van der Waals surface area contributed by atoms with Crippen molar-refractivity contribution in [2.24, 2.45) is 0 Å². The zero-order valence-corrected chi connectivity index (χ0v) is 13.9. The van der Waals surface area contributed by atoms with Gasteiger partial charge in [-0.2, -0.15) is 4.98 Å². The van der Waals surface area contributed by atoms with Crippen LogP contribution in [0.1, 0.15) is 37.1 Å². The third-order valence-electron chi connectivity index (χ3n) is 4.90. The molecule has 5 rings (SSSR count). The van der Waals surface area contributed by atoms with Gasteiger partial charge >= 0.3 is 0 Å². The molecule has 124 valence electrons. The molecule has 1 saturated carbocycles. The molecule has 0 aliphatic heterocycles. The van der Waals surface area contributed by atoms with Crippen LogP contribution in [0.2, 0.25) is 0 Å². The zero-order valence-electron chi connectivity index (χ0n) is 13.9. The molecule has 2 heterocycles. The van der Waals surface area contributed by atoms with Gasteiger partial charge in [-0.3, -0.25) is 0 Å². The maximum atomic E-state index is 5.66. The first kappa shape index (κ1) is 14.4. The molecule has 0 N–H and O–H groups in total. The second-order valence-corrected chi connectivity index (χ2v) is 6.51. The fourth-order valence-electron chi connectivity index (χ4n) is 3.31. The Morgan fingerprint density at radius 2 is 1.88 bits per heavy atom. The minimum Gasteiger partial charge on any atom is -0.441 e. The highest BCUT2D eigenvalue weighted by atomic mass is 16.5. The van der Waals surface area contributed by atoms with Gasteiger partial charge in [0.1, 0.15) is 5.52 Å². The Bertz CT molecular complexity index is 1050. The number of hydrogen-bond donors (Lipinski definition) is 0. The predicted octanol–water partition coefficient (Wildman–Crippen LogP) is 4.52. The lowest BCUT2D eigenvalue weighted by atomic mass is 9.96. The van der Waals surface area contributed by atoms with E-state index in [1.165, 1.54) is 5.56 Å². The van der Waals surface area contributed by atoms with Crippen molar-refractivity contribution in [2.75, 3.05) is 0 Å². The fourth-order valence-corrected chi connectivity index (χ4v) is 3.31. The lowest BCUT2D eigenvalue weighted by molar-refractivity contribution is 0.360. The van der Waals surface area contributed by atoms with Crippen molar-refractivity contribution in [3.8, 4) is 11.4 Å². The molecule has 5 nitrogen and oxygen atoms in total. The molecule has 0 amide bonds. The Kier molecular flexibility index (Phi) is 3.04. The highest BCUT2D eigenvalue weighted by molar-refractivity contribution is 5.78. The molecule has 4 aromatic rings. The van der Waals surface area contributed by atoms with E-state index in [9.17, 15) is 0 Å².